The number of aryl methyl sites for hydroxylation is 3. The summed E-state index contributed by atoms with van der Waals surface area (Å²) in [6.07, 6.45) is 4.94. The van der Waals surface area contributed by atoms with E-state index < -0.39 is 0 Å². The summed E-state index contributed by atoms with van der Waals surface area (Å²) in [5.41, 5.74) is 4.44. The van der Waals surface area contributed by atoms with Gasteiger partial charge in [0, 0.05) is 0 Å². The number of rotatable bonds is 4. The molecule has 0 atom stereocenters. The molecule has 15 heavy (non-hydrogen) atoms. The molecule has 80 valence electrons. The first-order valence-electron chi connectivity index (χ1n) is 5.69. The third kappa shape index (κ3) is 3.09. The molecular formula is C14H19N. The standard InChI is InChI=1S/C14H19N/c1-4-5-6-7-13-8-11(2)14(10-15)12(3)9-13/h8-9H,4-7H2,1-3H3. The van der Waals surface area contributed by atoms with E-state index >= 15 is 0 Å². The van der Waals surface area contributed by atoms with Crippen LogP contribution in [-0.4, -0.2) is 0 Å². The third-order valence-corrected chi connectivity index (χ3v) is 2.77. The van der Waals surface area contributed by atoms with Gasteiger partial charge in [0.05, 0.1) is 11.6 Å². The van der Waals surface area contributed by atoms with Crippen LogP contribution in [0.25, 0.3) is 0 Å². The zero-order chi connectivity index (χ0) is 11.3. The lowest BCUT2D eigenvalue weighted by atomic mass is 9.97. The fourth-order valence-electron chi connectivity index (χ4n) is 1.95. The molecule has 0 amide bonds. The predicted molar refractivity (Wildman–Crippen MR) is 63.9 cm³/mol. The van der Waals surface area contributed by atoms with Gasteiger partial charge in [-0.15, -0.1) is 0 Å². The molecule has 1 aromatic rings. The summed E-state index contributed by atoms with van der Waals surface area (Å²) in [5, 5.41) is 8.95. The van der Waals surface area contributed by atoms with Gasteiger partial charge >= 0.3 is 0 Å². The largest absolute Gasteiger partial charge is 0.192 e. The van der Waals surface area contributed by atoms with E-state index in [0.29, 0.717) is 0 Å². The normalized spacial score (nSPS) is 10.0. The Morgan fingerprint density at radius 2 is 1.73 bits per heavy atom. The van der Waals surface area contributed by atoms with Crippen molar-refractivity contribution in [3.63, 3.8) is 0 Å². The second kappa shape index (κ2) is 5.56. The molecule has 1 rings (SSSR count). The van der Waals surface area contributed by atoms with E-state index in [-0.39, 0.29) is 0 Å². The first-order valence-corrected chi connectivity index (χ1v) is 5.69. The van der Waals surface area contributed by atoms with E-state index in [1.807, 2.05) is 13.8 Å². The van der Waals surface area contributed by atoms with E-state index in [4.69, 9.17) is 5.26 Å². The Morgan fingerprint density at radius 3 is 2.20 bits per heavy atom. The van der Waals surface area contributed by atoms with Crippen molar-refractivity contribution in [1.82, 2.24) is 0 Å². The van der Waals surface area contributed by atoms with Crippen molar-refractivity contribution >= 4 is 0 Å². The molecule has 0 unspecified atom stereocenters. The molecule has 0 bridgehead atoms. The van der Waals surface area contributed by atoms with Crippen LogP contribution >= 0.6 is 0 Å². The Hall–Kier alpha value is -1.29. The highest BCUT2D eigenvalue weighted by molar-refractivity contribution is 5.45. The van der Waals surface area contributed by atoms with Gasteiger partial charge < -0.3 is 0 Å². The minimum absolute atomic E-state index is 0.842. The van der Waals surface area contributed by atoms with E-state index in [1.54, 1.807) is 0 Å². The van der Waals surface area contributed by atoms with Gasteiger partial charge in [0.25, 0.3) is 0 Å². The molecule has 0 heterocycles. The number of nitrogens with zero attached hydrogens (tertiary/aromatic N) is 1. The van der Waals surface area contributed by atoms with Crippen molar-refractivity contribution in [1.29, 1.82) is 5.26 Å². The van der Waals surface area contributed by atoms with Gasteiger partial charge in [-0.2, -0.15) is 5.26 Å². The van der Waals surface area contributed by atoms with Crippen molar-refractivity contribution in [2.24, 2.45) is 0 Å². The van der Waals surface area contributed by atoms with Crippen LogP contribution in [0.1, 0.15) is 48.4 Å². The van der Waals surface area contributed by atoms with Gasteiger partial charge in [-0.1, -0.05) is 31.9 Å². The summed E-state index contributed by atoms with van der Waals surface area (Å²) in [5.74, 6) is 0. The zero-order valence-corrected chi connectivity index (χ0v) is 9.93. The third-order valence-electron chi connectivity index (χ3n) is 2.77. The van der Waals surface area contributed by atoms with Gasteiger partial charge in [-0.25, -0.2) is 0 Å². The highest BCUT2D eigenvalue weighted by atomic mass is 14.2. The Morgan fingerprint density at radius 1 is 1.13 bits per heavy atom. The number of nitriles is 1. The predicted octanol–water partition coefficient (Wildman–Crippen LogP) is 3.91. The summed E-state index contributed by atoms with van der Waals surface area (Å²) >= 11 is 0. The zero-order valence-electron chi connectivity index (χ0n) is 9.93. The SMILES string of the molecule is CCCCCc1cc(C)c(C#N)c(C)c1. The summed E-state index contributed by atoms with van der Waals surface area (Å²) in [6.45, 7) is 6.26. The van der Waals surface area contributed by atoms with Gasteiger partial charge in [0.15, 0.2) is 0 Å². The topological polar surface area (TPSA) is 23.8 Å². The van der Waals surface area contributed by atoms with Crippen molar-refractivity contribution in [3.8, 4) is 6.07 Å². The second-order valence-electron chi connectivity index (χ2n) is 4.17. The van der Waals surface area contributed by atoms with Crippen molar-refractivity contribution in [2.45, 2.75) is 46.5 Å². The van der Waals surface area contributed by atoms with E-state index in [2.05, 4.69) is 25.1 Å². The molecule has 0 fully saturated rings. The maximum absolute atomic E-state index is 8.95. The van der Waals surface area contributed by atoms with Crippen LogP contribution < -0.4 is 0 Å². The fourth-order valence-corrected chi connectivity index (χ4v) is 1.95. The first-order chi connectivity index (χ1) is 7.19. The molecular weight excluding hydrogens is 182 g/mol. The average molecular weight is 201 g/mol. The van der Waals surface area contributed by atoms with Crippen LogP contribution in [0.4, 0.5) is 0 Å². The number of unbranched alkanes of at least 4 members (excludes halogenated alkanes) is 2. The Bertz CT molecular complexity index is 348. The minimum atomic E-state index is 0.842. The van der Waals surface area contributed by atoms with E-state index in [1.165, 1.54) is 24.8 Å². The van der Waals surface area contributed by atoms with Crippen LogP contribution in [0, 0.1) is 25.2 Å². The lowest BCUT2D eigenvalue weighted by Gasteiger charge is -2.07. The average Bonchev–Trinajstić information content (AvgIpc) is 2.18. The van der Waals surface area contributed by atoms with Crippen molar-refractivity contribution < 1.29 is 0 Å². The monoisotopic (exact) mass is 201 g/mol. The summed E-state index contributed by atoms with van der Waals surface area (Å²) in [4.78, 5) is 0. The maximum Gasteiger partial charge on any atom is 0.0997 e. The lowest BCUT2D eigenvalue weighted by molar-refractivity contribution is 0.717. The first kappa shape index (κ1) is 11.8. The minimum Gasteiger partial charge on any atom is -0.192 e. The molecule has 0 spiro atoms. The lowest BCUT2D eigenvalue weighted by Crippen LogP contribution is -1.93. The molecule has 1 aromatic carbocycles. The molecule has 0 aliphatic rings. The van der Waals surface area contributed by atoms with Crippen LogP contribution in [0.3, 0.4) is 0 Å². The fraction of sp³-hybridized carbons (Fsp3) is 0.500. The van der Waals surface area contributed by atoms with Gasteiger partial charge in [-0.3, -0.25) is 0 Å². The molecule has 0 saturated heterocycles. The van der Waals surface area contributed by atoms with Crippen LogP contribution in [0.2, 0.25) is 0 Å². The highest BCUT2D eigenvalue weighted by Crippen LogP contribution is 2.17. The van der Waals surface area contributed by atoms with E-state index in [9.17, 15) is 0 Å². The van der Waals surface area contributed by atoms with Gasteiger partial charge in [0.2, 0.25) is 0 Å². The molecule has 1 nitrogen and oxygen atoms in total. The second-order valence-corrected chi connectivity index (χ2v) is 4.17. The quantitative estimate of drug-likeness (QED) is 0.677. The maximum atomic E-state index is 8.95. The van der Waals surface area contributed by atoms with E-state index in [0.717, 1.165) is 23.1 Å². The molecule has 0 N–H and O–H groups in total. The highest BCUT2D eigenvalue weighted by Gasteiger charge is 2.03. The summed E-state index contributed by atoms with van der Waals surface area (Å²) in [7, 11) is 0. The molecule has 0 aromatic heterocycles. The Balaban J connectivity index is 2.81. The molecule has 0 aliphatic heterocycles. The molecule has 0 saturated carbocycles. The number of hydrogen-bond acceptors (Lipinski definition) is 1. The van der Waals surface area contributed by atoms with Gasteiger partial charge in [0.1, 0.15) is 0 Å². The number of benzene rings is 1. The summed E-state index contributed by atoms with van der Waals surface area (Å²) < 4.78 is 0. The smallest absolute Gasteiger partial charge is 0.0997 e. The van der Waals surface area contributed by atoms with Crippen molar-refractivity contribution in [2.75, 3.05) is 0 Å². The summed E-state index contributed by atoms with van der Waals surface area (Å²) in [6, 6.07) is 6.57. The molecule has 0 radical (unpaired) electrons. The van der Waals surface area contributed by atoms with Crippen LogP contribution in [-0.2, 0) is 6.42 Å². The molecule has 0 aliphatic carbocycles. The Labute approximate surface area is 92.7 Å². The Kier molecular flexibility index (Phi) is 4.37. The van der Waals surface area contributed by atoms with Crippen LogP contribution in [0.5, 0.6) is 0 Å². The van der Waals surface area contributed by atoms with Crippen molar-refractivity contribution in [3.05, 3.63) is 34.4 Å². The number of hydrogen-bond donors (Lipinski definition) is 0. The van der Waals surface area contributed by atoms with Crippen LogP contribution in [0.15, 0.2) is 12.1 Å². The molecule has 1 heteroatoms. The van der Waals surface area contributed by atoms with Gasteiger partial charge in [-0.05, 0) is 43.4 Å².